The number of aliphatic hydroxyl groups excluding tert-OH is 6. The van der Waals surface area contributed by atoms with Crippen LogP contribution in [0.1, 0.15) is 6.42 Å². The van der Waals surface area contributed by atoms with E-state index < -0.39 is 92.2 Å². The zero-order valence-electron chi connectivity index (χ0n) is 16.8. The fourth-order valence-corrected chi connectivity index (χ4v) is 4.20. The highest BCUT2D eigenvalue weighted by Crippen LogP contribution is 2.31. The number of nitrogens with two attached hydrogens (primary N) is 4. The molecule has 0 aromatic carbocycles. The largest absolute Gasteiger partial charge is 0.394 e. The normalized spacial score (nSPS) is 53.6. The van der Waals surface area contributed by atoms with E-state index in [9.17, 15) is 30.6 Å². The Balaban J connectivity index is 1.70. The van der Waals surface area contributed by atoms with Crippen LogP contribution in [0.25, 0.3) is 0 Å². The summed E-state index contributed by atoms with van der Waals surface area (Å²) >= 11 is 0. The molecule has 0 aromatic heterocycles. The van der Waals surface area contributed by atoms with Gasteiger partial charge in [0.1, 0.15) is 54.9 Å². The van der Waals surface area contributed by atoms with Gasteiger partial charge in [-0.1, -0.05) is 0 Å². The van der Waals surface area contributed by atoms with Gasteiger partial charge >= 0.3 is 0 Å². The first-order valence-corrected chi connectivity index (χ1v) is 10.2. The van der Waals surface area contributed by atoms with Crippen molar-refractivity contribution in [1.82, 2.24) is 0 Å². The van der Waals surface area contributed by atoms with E-state index >= 15 is 0 Å². The summed E-state index contributed by atoms with van der Waals surface area (Å²) < 4.78 is 22.2. The molecule has 1 aliphatic carbocycles. The summed E-state index contributed by atoms with van der Waals surface area (Å²) in [5.41, 5.74) is 23.6. The van der Waals surface area contributed by atoms with Crippen LogP contribution in [0.15, 0.2) is 0 Å². The van der Waals surface area contributed by atoms with E-state index in [2.05, 4.69) is 0 Å². The van der Waals surface area contributed by atoms with Crippen LogP contribution in [-0.2, 0) is 18.9 Å². The van der Waals surface area contributed by atoms with Gasteiger partial charge in [-0.05, 0) is 6.42 Å². The van der Waals surface area contributed by atoms with Crippen LogP contribution < -0.4 is 22.9 Å². The summed E-state index contributed by atoms with van der Waals surface area (Å²) in [7, 11) is 0. The summed E-state index contributed by atoms with van der Waals surface area (Å²) in [4.78, 5) is 0. The highest BCUT2D eigenvalue weighted by Gasteiger charge is 2.51. The third kappa shape index (κ3) is 4.87. The van der Waals surface area contributed by atoms with E-state index in [4.69, 9.17) is 41.9 Å². The summed E-state index contributed by atoms with van der Waals surface area (Å²) in [6, 6.07) is -2.71. The topological polar surface area (TPSA) is 262 Å². The average molecular weight is 454 g/mol. The Morgan fingerprint density at radius 2 is 1.23 bits per heavy atom. The van der Waals surface area contributed by atoms with Crippen molar-refractivity contribution in [1.29, 1.82) is 0 Å². The average Bonchev–Trinajstić information content (AvgIpc) is 3.01. The first-order valence-electron chi connectivity index (χ1n) is 10.2. The molecule has 0 bridgehead atoms. The van der Waals surface area contributed by atoms with Crippen molar-refractivity contribution < 1.29 is 49.6 Å². The molecule has 3 rings (SSSR count). The van der Waals surface area contributed by atoms with Crippen molar-refractivity contribution in [2.75, 3.05) is 13.2 Å². The van der Waals surface area contributed by atoms with Gasteiger partial charge in [0.25, 0.3) is 0 Å². The van der Waals surface area contributed by atoms with Crippen LogP contribution in [0.3, 0.4) is 0 Å². The lowest BCUT2D eigenvalue weighted by Crippen LogP contribution is -2.67. The Morgan fingerprint density at radius 1 is 0.710 bits per heavy atom. The molecule has 2 heterocycles. The minimum absolute atomic E-state index is 0.0505. The molecule has 14 N–H and O–H groups in total. The van der Waals surface area contributed by atoms with E-state index in [1.54, 1.807) is 0 Å². The molecule has 0 spiro atoms. The predicted molar refractivity (Wildman–Crippen MR) is 102 cm³/mol. The van der Waals surface area contributed by atoms with E-state index in [1.165, 1.54) is 0 Å². The Kier molecular flexibility index (Phi) is 8.21. The Morgan fingerprint density at radius 3 is 1.74 bits per heavy atom. The third-order valence-corrected chi connectivity index (χ3v) is 6.12. The minimum atomic E-state index is -1.45. The van der Waals surface area contributed by atoms with Gasteiger partial charge in [0.2, 0.25) is 0 Å². The zero-order valence-corrected chi connectivity index (χ0v) is 16.8. The maximum atomic E-state index is 10.9. The van der Waals surface area contributed by atoms with Crippen LogP contribution in [0.5, 0.6) is 0 Å². The second-order valence-corrected chi connectivity index (χ2v) is 8.30. The fourth-order valence-electron chi connectivity index (χ4n) is 4.20. The molecular weight excluding hydrogens is 420 g/mol. The second-order valence-electron chi connectivity index (χ2n) is 8.30. The van der Waals surface area contributed by atoms with Gasteiger partial charge in [-0.25, -0.2) is 0 Å². The maximum Gasteiger partial charge on any atom is 0.187 e. The van der Waals surface area contributed by atoms with E-state index in [-0.39, 0.29) is 13.0 Å². The highest BCUT2D eigenvalue weighted by atomic mass is 16.7. The van der Waals surface area contributed by atoms with Gasteiger partial charge < -0.3 is 72.5 Å². The van der Waals surface area contributed by atoms with Crippen molar-refractivity contribution in [3.8, 4) is 0 Å². The summed E-state index contributed by atoms with van der Waals surface area (Å²) in [6.07, 6.45) is -13.6. The molecule has 0 aromatic rings. The van der Waals surface area contributed by atoms with Gasteiger partial charge in [0, 0.05) is 18.6 Å². The van der Waals surface area contributed by atoms with Gasteiger partial charge in [0.15, 0.2) is 12.6 Å². The summed E-state index contributed by atoms with van der Waals surface area (Å²) in [6.45, 7) is -0.646. The summed E-state index contributed by atoms with van der Waals surface area (Å²) in [5.74, 6) is 0. The molecule has 31 heavy (non-hydrogen) atoms. The fraction of sp³-hybridized carbons (Fsp3) is 1.00. The molecule has 3 fully saturated rings. The quantitative estimate of drug-likeness (QED) is 0.179. The molecule has 2 saturated heterocycles. The van der Waals surface area contributed by atoms with E-state index in [0.29, 0.717) is 0 Å². The molecule has 14 nitrogen and oxygen atoms in total. The molecule has 2 aliphatic heterocycles. The highest BCUT2D eigenvalue weighted by molar-refractivity contribution is 5.01. The lowest BCUT2D eigenvalue weighted by atomic mass is 9.84. The molecular formula is C17H34N4O10. The zero-order chi connectivity index (χ0) is 23.0. The number of rotatable bonds is 6. The maximum absolute atomic E-state index is 10.9. The molecule has 14 heteroatoms. The smallest absolute Gasteiger partial charge is 0.187 e. The number of aliphatic hydroxyl groups is 6. The van der Waals surface area contributed by atoms with Gasteiger partial charge in [0.05, 0.1) is 12.6 Å². The molecule has 0 amide bonds. The SMILES string of the molecule is NC[C@H]1O[C@@H](O[C@H]2C(O)[C@H](O[C@H]3OC(CO)[C@@H](O)[C@H](O)C3N)C(N)C[C@H]2N)[C@@H](O)C1O. The molecule has 1 saturated carbocycles. The number of ether oxygens (including phenoxy) is 4. The van der Waals surface area contributed by atoms with E-state index in [1.807, 2.05) is 0 Å². The molecule has 182 valence electrons. The predicted octanol–water partition coefficient (Wildman–Crippen LogP) is -6.65. The van der Waals surface area contributed by atoms with Crippen molar-refractivity contribution in [2.45, 2.75) is 92.1 Å². The Hall–Kier alpha value is -0.560. The molecule has 0 radical (unpaired) electrons. The molecule has 14 atom stereocenters. The first kappa shape index (κ1) is 25.1. The van der Waals surface area contributed by atoms with Crippen LogP contribution in [0.4, 0.5) is 0 Å². The summed E-state index contributed by atoms with van der Waals surface area (Å²) in [5, 5.41) is 60.3. The van der Waals surface area contributed by atoms with Crippen molar-refractivity contribution in [3.63, 3.8) is 0 Å². The third-order valence-electron chi connectivity index (χ3n) is 6.12. The number of hydrogen-bond donors (Lipinski definition) is 10. The van der Waals surface area contributed by atoms with Crippen LogP contribution >= 0.6 is 0 Å². The van der Waals surface area contributed by atoms with Gasteiger partial charge in [-0.15, -0.1) is 0 Å². The van der Waals surface area contributed by atoms with Gasteiger partial charge in [-0.2, -0.15) is 0 Å². The monoisotopic (exact) mass is 454 g/mol. The first-order chi connectivity index (χ1) is 14.6. The molecule has 5 unspecified atom stereocenters. The lowest BCUT2D eigenvalue weighted by molar-refractivity contribution is -0.301. The minimum Gasteiger partial charge on any atom is -0.394 e. The van der Waals surface area contributed by atoms with Crippen LogP contribution in [0.2, 0.25) is 0 Å². The second kappa shape index (κ2) is 10.1. The standard InChI is InChI=1S/C17H34N4O10/c18-2-6-9(23)12(26)17(28-6)31-15-5(20)1-4(19)14(13(15)27)30-16-8(21)11(25)10(24)7(3-22)29-16/h4-17,22-27H,1-3,18-21H2/t4?,5-,6-,7?,8?,9?,10-,11-,12+,13?,14-,15-,16-,17+/m1/s1. The Labute approximate surface area is 178 Å². The number of hydrogen-bond acceptors (Lipinski definition) is 14. The van der Waals surface area contributed by atoms with Gasteiger partial charge in [-0.3, -0.25) is 0 Å². The van der Waals surface area contributed by atoms with Crippen molar-refractivity contribution in [3.05, 3.63) is 0 Å². The van der Waals surface area contributed by atoms with E-state index in [0.717, 1.165) is 0 Å². The van der Waals surface area contributed by atoms with Crippen LogP contribution in [0, 0.1) is 0 Å². The lowest BCUT2D eigenvalue weighted by Gasteiger charge is -2.46. The van der Waals surface area contributed by atoms with Crippen LogP contribution in [-0.4, -0.2) is 129 Å². The van der Waals surface area contributed by atoms with Crippen molar-refractivity contribution in [2.24, 2.45) is 22.9 Å². The molecule has 3 aliphatic rings. The van der Waals surface area contributed by atoms with Crippen molar-refractivity contribution >= 4 is 0 Å². The Bertz CT molecular complexity index is 591.